The Bertz CT molecular complexity index is 1410. The van der Waals surface area contributed by atoms with Crippen LogP contribution in [-0.4, -0.2) is 68.2 Å². The Hall–Kier alpha value is -3.02. The number of hydrogen-bond acceptors (Lipinski definition) is 7. The van der Waals surface area contributed by atoms with Crippen LogP contribution in [0.5, 0.6) is 0 Å². The number of rotatable bonds is 4. The largest absolute Gasteiger partial charge is 0.352 e. The normalized spacial score (nSPS) is 15.5. The molecule has 1 saturated heterocycles. The zero-order chi connectivity index (χ0) is 22.5. The van der Waals surface area contributed by atoms with Crippen molar-refractivity contribution in [1.29, 1.82) is 0 Å². The van der Waals surface area contributed by atoms with E-state index in [1.54, 1.807) is 29.1 Å². The molecule has 166 valence electrons. The van der Waals surface area contributed by atoms with Crippen molar-refractivity contribution in [3.05, 3.63) is 48.0 Å². The van der Waals surface area contributed by atoms with Gasteiger partial charge in [0, 0.05) is 46.5 Å². The molecule has 1 aliphatic heterocycles. The summed E-state index contributed by atoms with van der Waals surface area (Å²) in [5.74, 6) is 1.44. The smallest absolute Gasteiger partial charge is 0.244 e. The number of imidazole rings is 1. The number of hydrogen-bond donors (Lipinski definition) is 0. The summed E-state index contributed by atoms with van der Waals surface area (Å²) >= 11 is 6.14. The van der Waals surface area contributed by atoms with Crippen LogP contribution in [0.4, 0.5) is 5.82 Å². The molecule has 1 aliphatic rings. The second kappa shape index (κ2) is 7.84. The average Bonchev–Trinajstić information content (AvgIpc) is 3.37. The van der Waals surface area contributed by atoms with Gasteiger partial charge in [0.1, 0.15) is 17.0 Å². The van der Waals surface area contributed by atoms with Crippen LogP contribution in [0.25, 0.3) is 22.6 Å². The van der Waals surface area contributed by atoms with Crippen LogP contribution < -0.4 is 4.90 Å². The molecule has 12 heteroatoms. The predicted octanol–water partition coefficient (Wildman–Crippen LogP) is 1.93. The maximum atomic E-state index is 13.0. The summed E-state index contributed by atoms with van der Waals surface area (Å²) in [7, 11) is 0.0959. The van der Waals surface area contributed by atoms with Gasteiger partial charge < -0.3 is 9.47 Å². The van der Waals surface area contributed by atoms with Crippen LogP contribution in [-0.2, 0) is 24.1 Å². The highest BCUT2D eigenvalue weighted by atomic mass is 35.5. The van der Waals surface area contributed by atoms with Crippen molar-refractivity contribution in [1.82, 2.24) is 33.6 Å². The third-order valence-corrected chi connectivity index (χ3v) is 7.99. The number of piperazine rings is 1. The van der Waals surface area contributed by atoms with Gasteiger partial charge in [0.05, 0.1) is 16.8 Å². The van der Waals surface area contributed by atoms with Crippen LogP contribution in [0.1, 0.15) is 0 Å². The standard InChI is InChI=1S/C20H21ClN8O2S/c1-26-12-14(11-24-26)18-25-17-19(27(18)2)22-13-23-20(17)28-7-9-29(10-8-28)32(30,31)16-6-4-3-5-15(16)21/h3-6,11-13H,7-10H2,1-2H3. The highest BCUT2D eigenvalue weighted by molar-refractivity contribution is 7.89. The minimum Gasteiger partial charge on any atom is -0.352 e. The van der Waals surface area contributed by atoms with Crippen LogP contribution in [0.2, 0.25) is 5.02 Å². The number of halogens is 1. The Morgan fingerprint density at radius 3 is 2.47 bits per heavy atom. The first-order chi connectivity index (χ1) is 15.4. The predicted molar refractivity (Wildman–Crippen MR) is 121 cm³/mol. The quantitative estimate of drug-likeness (QED) is 0.447. The van der Waals surface area contributed by atoms with Crippen molar-refractivity contribution in [3.8, 4) is 11.4 Å². The van der Waals surface area contributed by atoms with Gasteiger partial charge in [-0.15, -0.1) is 0 Å². The molecule has 0 amide bonds. The maximum Gasteiger partial charge on any atom is 0.244 e. The molecule has 4 aromatic rings. The summed E-state index contributed by atoms with van der Waals surface area (Å²) in [5, 5.41) is 4.45. The summed E-state index contributed by atoms with van der Waals surface area (Å²) in [5.41, 5.74) is 2.27. The number of sulfonamides is 1. The molecule has 4 heterocycles. The van der Waals surface area contributed by atoms with Gasteiger partial charge >= 0.3 is 0 Å². The summed E-state index contributed by atoms with van der Waals surface area (Å²) < 4.78 is 31.2. The third kappa shape index (κ3) is 3.42. The van der Waals surface area contributed by atoms with Crippen LogP contribution in [0.15, 0.2) is 47.9 Å². The highest BCUT2D eigenvalue weighted by Crippen LogP contribution is 2.29. The Kier molecular flexibility index (Phi) is 5.11. The summed E-state index contributed by atoms with van der Waals surface area (Å²) in [4.78, 5) is 15.8. The molecule has 0 radical (unpaired) electrons. The van der Waals surface area contributed by atoms with Gasteiger partial charge in [-0.05, 0) is 12.1 Å². The topological polar surface area (TPSA) is 102 Å². The Labute approximate surface area is 190 Å². The fraction of sp³-hybridized carbons (Fsp3) is 0.300. The zero-order valence-electron chi connectivity index (χ0n) is 17.6. The van der Waals surface area contributed by atoms with E-state index in [0.29, 0.717) is 43.2 Å². The van der Waals surface area contributed by atoms with E-state index in [1.807, 2.05) is 29.8 Å². The van der Waals surface area contributed by atoms with Crippen molar-refractivity contribution in [2.45, 2.75) is 4.90 Å². The van der Waals surface area contributed by atoms with Crippen molar-refractivity contribution >= 4 is 38.6 Å². The van der Waals surface area contributed by atoms with E-state index in [0.717, 1.165) is 11.4 Å². The average molecular weight is 473 g/mol. The molecule has 0 N–H and O–H groups in total. The molecule has 0 spiro atoms. The van der Waals surface area contributed by atoms with E-state index >= 15 is 0 Å². The number of fused-ring (bicyclic) bond motifs is 1. The van der Waals surface area contributed by atoms with Gasteiger partial charge in [-0.1, -0.05) is 23.7 Å². The van der Waals surface area contributed by atoms with Gasteiger partial charge in [-0.2, -0.15) is 9.40 Å². The monoisotopic (exact) mass is 472 g/mol. The third-order valence-electron chi connectivity index (χ3n) is 5.59. The van der Waals surface area contributed by atoms with E-state index in [2.05, 4.69) is 15.1 Å². The second-order valence-corrected chi connectivity index (χ2v) is 9.90. The van der Waals surface area contributed by atoms with Gasteiger partial charge in [-0.25, -0.2) is 23.4 Å². The lowest BCUT2D eigenvalue weighted by Crippen LogP contribution is -2.49. The molecule has 1 fully saturated rings. The highest BCUT2D eigenvalue weighted by Gasteiger charge is 2.31. The van der Waals surface area contributed by atoms with Gasteiger partial charge in [0.25, 0.3) is 0 Å². The van der Waals surface area contributed by atoms with E-state index < -0.39 is 10.0 Å². The van der Waals surface area contributed by atoms with Gasteiger partial charge in [0.15, 0.2) is 17.0 Å². The van der Waals surface area contributed by atoms with Crippen molar-refractivity contribution in [2.24, 2.45) is 14.1 Å². The Balaban J connectivity index is 1.43. The summed E-state index contributed by atoms with van der Waals surface area (Å²) in [6, 6.07) is 6.51. The maximum absolute atomic E-state index is 13.0. The molecule has 32 heavy (non-hydrogen) atoms. The Morgan fingerprint density at radius 2 is 1.78 bits per heavy atom. The summed E-state index contributed by atoms with van der Waals surface area (Å²) in [6.45, 7) is 1.60. The van der Waals surface area contributed by atoms with Crippen LogP contribution in [0.3, 0.4) is 0 Å². The first kappa shape index (κ1) is 20.9. The molecule has 3 aromatic heterocycles. The zero-order valence-corrected chi connectivity index (χ0v) is 19.1. The number of anilines is 1. The molecule has 0 unspecified atom stereocenters. The fourth-order valence-electron chi connectivity index (χ4n) is 3.95. The van der Waals surface area contributed by atoms with E-state index in [9.17, 15) is 8.42 Å². The molecule has 0 aliphatic carbocycles. The minimum absolute atomic E-state index is 0.130. The van der Waals surface area contributed by atoms with Crippen molar-refractivity contribution < 1.29 is 8.42 Å². The minimum atomic E-state index is -3.66. The van der Waals surface area contributed by atoms with Crippen molar-refractivity contribution in [2.75, 3.05) is 31.1 Å². The number of benzene rings is 1. The van der Waals surface area contributed by atoms with E-state index in [1.165, 1.54) is 16.7 Å². The Morgan fingerprint density at radius 1 is 1.03 bits per heavy atom. The lowest BCUT2D eigenvalue weighted by Gasteiger charge is -2.34. The molecule has 10 nitrogen and oxygen atoms in total. The second-order valence-electron chi connectivity index (χ2n) is 7.59. The molecule has 0 atom stereocenters. The van der Waals surface area contributed by atoms with Crippen LogP contribution >= 0.6 is 11.6 Å². The number of aromatic nitrogens is 6. The molecule has 1 aromatic carbocycles. The fourth-order valence-corrected chi connectivity index (χ4v) is 5.86. The molecular weight excluding hydrogens is 452 g/mol. The van der Waals surface area contributed by atoms with E-state index in [-0.39, 0.29) is 9.92 Å². The lowest BCUT2D eigenvalue weighted by atomic mass is 10.3. The molecular formula is C20H21ClN8O2S. The first-order valence-corrected chi connectivity index (χ1v) is 11.8. The molecule has 0 saturated carbocycles. The lowest BCUT2D eigenvalue weighted by molar-refractivity contribution is 0.384. The number of nitrogens with zero attached hydrogens (tertiary/aromatic N) is 8. The first-order valence-electron chi connectivity index (χ1n) is 10.0. The van der Waals surface area contributed by atoms with Crippen molar-refractivity contribution in [3.63, 3.8) is 0 Å². The van der Waals surface area contributed by atoms with Gasteiger partial charge in [-0.3, -0.25) is 4.68 Å². The van der Waals surface area contributed by atoms with Crippen LogP contribution in [0, 0.1) is 0 Å². The van der Waals surface area contributed by atoms with E-state index in [4.69, 9.17) is 16.6 Å². The summed E-state index contributed by atoms with van der Waals surface area (Å²) in [6.07, 6.45) is 5.17. The van der Waals surface area contributed by atoms with Gasteiger partial charge in [0.2, 0.25) is 10.0 Å². The molecule has 0 bridgehead atoms. The molecule has 5 rings (SSSR count). The number of aryl methyl sites for hydroxylation is 2. The SMILES string of the molecule is Cn1cc(-c2nc3c(N4CCN(S(=O)(=O)c5ccccc5Cl)CC4)ncnc3n2C)cn1.